The second kappa shape index (κ2) is 5.86. The van der Waals surface area contributed by atoms with Crippen molar-refractivity contribution in [2.24, 2.45) is 0 Å². The van der Waals surface area contributed by atoms with Crippen LogP contribution in [0.2, 0.25) is 0 Å². The van der Waals surface area contributed by atoms with Gasteiger partial charge in [0.2, 0.25) is 0 Å². The number of hydrogen-bond donors (Lipinski definition) is 0. The van der Waals surface area contributed by atoms with E-state index < -0.39 is 0 Å². The summed E-state index contributed by atoms with van der Waals surface area (Å²) in [6, 6.07) is 17.7. The molecule has 0 saturated heterocycles. The van der Waals surface area contributed by atoms with Crippen molar-refractivity contribution >= 4 is 0 Å². The predicted molar refractivity (Wildman–Crippen MR) is 80.0 cm³/mol. The molecule has 18 heavy (non-hydrogen) atoms. The van der Waals surface area contributed by atoms with E-state index in [1.807, 2.05) is 13.8 Å². The number of hydrogen-bond acceptors (Lipinski definition) is 0. The van der Waals surface area contributed by atoms with Crippen molar-refractivity contribution in [2.45, 2.75) is 39.5 Å². The van der Waals surface area contributed by atoms with Crippen molar-refractivity contribution in [2.75, 3.05) is 0 Å². The zero-order valence-corrected chi connectivity index (χ0v) is 11.6. The summed E-state index contributed by atoms with van der Waals surface area (Å²) >= 11 is 0. The average molecular weight is 238 g/mol. The molecule has 0 fully saturated rings. The standard InChI is InChI=1S/C16H16.C2H6/c1-2-12-11-13-7-3-4-9-15(13)16-10-6-5-8-14(12)16;1-2/h3-10,12H,2,11H2,1H3;1-2H3. The van der Waals surface area contributed by atoms with Crippen LogP contribution in [0, 0.1) is 0 Å². The van der Waals surface area contributed by atoms with Gasteiger partial charge in [-0.05, 0) is 41.0 Å². The fourth-order valence-electron chi connectivity index (χ4n) is 2.80. The lowest BCUT2D eigenvalue weighted by Crippen LogP contribution is -2.10. The SMILES string of the molecule is CC.CCC1Cc2ccccc2-c2ccccc21. The molecule has 1 unspecified atom stereocenters. The van der Waals surface area contributed by atoms with Crippen molar-refractivity contribution in [1.29, 1.82) is 0 Å². The van der Waals surface area contributed by atoms with Gasteiger partial charge in [-0.3, -0.25) is 0 Å². The molecule has 0 bridgehead atoms. The van der Waals surface area contributed by atoms with Gasteiger partial charge < -0.3 is 0 Å². The van der Waals surface area contributed by atoms with Crippen LogP contribution in [0.15, 0.2) is 48.5 Å². The van der Waals surface area contributed by atoms with Crippen LogP contribution in [0.4, 0.5) is 0 Å². The Labute approximate surface area is 111 Å². The minimum absolute atomic E-state index is 0.700. The van der Waals surface area contributed by atoms with Crippen LogP contribution in [0.1, 0.15) is 44.2 Å². The third-order valence-corrected chi connectivity index (χ3v) is 3.67. The van der Waals surface area contributed by atoms with E-state index in [0.29, 0.717) is 5.92 Å². The van der Waals surface area contributed by atoms with Gasteiger partial charge in [0, 0.05) is 0 Å². The number of benzene rings is 2. The zero-order chi connectivity index (χ0) is 13.0. The summed E-state index contributed by atoms with van der Waals surface area (Å²) in [7, 11) is 0. The third-order valence-electron chi connectivity index (χ3n) is 3.67. The smallest absolute Gasteiger partial charge is 0.0118 e. The van der Waals surface area contributed by atoms with E-state index in [1.54, 1.807) is 0 Å². The highest BCUT2D eigenvalue weighted by Gasteiger charge is 2.22. The summed E-state index contributed by atoms with van der Waals surface area (Å²) in [5, 5.41) is 0. The highest BCUT2D eigenvalue weighted by atomic mass is 14.3. The number of rotatable bonds is 1. The van der Waals surface area contributed by atoms with Crippen LogP contribution in [0.3, 0.4) is 0 Å². The Kier molecular flexibility index (Phi) is 4.19. The molecule has 0 N–H and O–H groups in total. The van der Waals surface area contributed by atoms with Crippen molar-refractivity contribution in [3.05, 3.63) is 59.7 Å². The second-order valence-corrected chi connectivity index (χ2v) is 4.55. The summed E-state index contributed by atoms with van der Waals surface area (Å²) in [5.41, 5.74) is 5.91. The lowest BCUT2D eigenvalue weighted by atomic mass is 9.78. The van der Waals surface area contributed by atoms with Gasteiger partial charge in [0.15, 0.2) is 0 Å². The molecule has 0 heteroatoms. The summed E-state index contributed by atoms with van der Waals surface area (Å²) < 4.78 is 0. The minimum atomic E-state index is 0.700. The molecule has 2 aromatic rings. The van der Waals surface area contributed by atoms with Gasteiger partial charge >= 0.3 is 0 Å². The van der Waals surface area contributed by atoms with Gasteiger partial charge in [0.25, 0.3) is 0 Å². The molecule has 2 aromatic carbocycles. The average Bonchev–Trinajstić information content (AvgIpc) is 2.48. The Morgan fingerprint density at radius 2 is 1.50 bits per heavy atom. The van der Waals surface area contributed by atoms with E-state index in [1.165, 1.54) is 35.1 Å². The van der Waals surface area contributed by atoms with E-state index in [4.69, 9.17) is 0 Å². The summed E-state index contributed by atoms with van der Waals surface area (Å²) in [4.78, 5) is 0. The first-order valence-corrected chi connectivity index (χ1v) is 7.07. The predicted octanol–water partition coefficient (Wildman–Crippen LogP) is 5.43. The molecule has 3 rings (SSSR count). The van der Waals surface area contributed by atoms with E-state index in [-0.39, 0.29) is 0 Å². The molecule has 1 aliphatic rings. The minimum Gasteiger partial charge on any atom is -0.0683 e. The number of fused-ring (bicyclic) bond motifs is 3. The van der Waals surface area contributed by atoms with Crippen LogP contribution >= 0.6 is 0 Å². The van der Waals surface area contributed by atoms with E-state index in [0.717, 1.165) is 0 Å². The van der Waals surface area contributed by atoms with Crippen molar-refractivity contribution in [1.82, 2.24) is 0 Å². The highest BCUT2D eigenvalue weighted by Crippen LogP contribution is 2.40. The molecular formula is C18H22. The molecule has 0 aromatic heterocycles. The Morgan fingerprint density at radius 3 is 2.22 bits per heavy atom. The van der Waals surface area contributed by atoms with Gasteiger partial charge in [-0.2, -0.15) is 0 Å². The molecule has 0 heterocycles. The third kappa shape index (κ3) is 2.20. The largest absolute Gasteiger partial charge is 0.0683 e. The second-order valence-electron chi connectivity index (χ2n) is 4.55. The van der Waals surface area contributed by atoms with Crippen LogP contribution in [0.25, 0.3) is 11.1 Å². The molecule has 0 nitrogen and oxygen atoms in total. The molecule has 0 amide bonds. The topological polar surface area (TPSA) is 0 Å². The van der Waals surface area contributed by atoms with E-state index in [9.17, 15) is 0 Å². The fourth-order valence-corrected chi connectivity index (χ4v) is 2.80. The summed E-state index contributed by atoms with van der Waals surface area (Å²) in [6.45, 7) is 6.29. The fraction of sp³-hybridized carbons (Fsp3) is 0.333. The molecule has 0 radical (unpaired) electrons. The molecule has 1 atom stereocenters. The maximum atomic E-state index is 2.29. The Balaban J connectivity index is 0.000000574. The summed E-state index contributed by atoms with van der Waals surface area (Å²) in [6.07, 6.45) is 2.43. The summed E-state index contributed by atoms with van der Waals surface area (Å²) in [5.74, 6) is 0.700. The van der Waals surface area contributed by atoms with Gasteiger partial charge in [0.05, 0.1) is 0 Å². The molecule has 0 aliphatic heterocycles. The van der Waals surface area contributed by atoms with Gasteiger partial charge in [-0.15, -0.1) is 0 Å². The highest BCUT2D eigenvalue weighted by molar-refractivity contribution is 5.73. The maximum Gasteiger partial charge on any atom is -0.0118 e. The van der Waals surface area contributed by atoms with Crippen LogP contribution < -0.4 is 0 Å². The van der Waals surface area contributed by atoms with Crippen LogP contribution in [0.5, 0.6) is 0 Å². The maximum absolute atomic E-state index is 2.29. The van der Waals surface area contributed by atoms with Crippen molar-refractivity contribution < 1.29 is 0 Å². The first-order chi connectivity index (χ1) is 8.90. The molecule has 94 valence electrons. The van der Waals surface area contributed by atoms with Crippen LogP contribution in [-0.4, -0.2) is 0 Å². The molecule has 1 aliphatic carbocycles. The monoisotopic (exact) mass is 238 g/mol. The van der Waals surface area contributed by atoms with Crippen LogP contribution in [-0.2, 0) is 6.42 Å². The van der Waals surface area contributed by atoms with Gasteiger partial charge in [-0.25, -0.2) is 0 Å². The molecule has 0 spiro atoms. The molecule has 0 saturated carbocycles. The molecular weight excluding hydrogens is 216 g/mol. The zero-order valence-electron chi connectivity index (χ0n) is 11.6. The lowest BCUT2D eigenvalue weighted by Gasteiger charge is -2.26. The Morgan fingerprint density at radius 1 is 0.889 bits per heavy atom. The lowest BCUT2D eigenvalue weighted by molar-refractivity contribution is 0.654. The van der Waals surface area contributed by atoms with E-state index >= 15 is 0 Å². The normalized spacial score (nSPS) is 16.1. The first-order valence-electron chi connectivity index (χ1n) is 7.07. The first kappa shape index (κ1) is 12.9. The van der Waals surface area contributed by atoms with Crippen molar-refractivity contribution in [3.8, 4) is 11.1 Å². The Bertz CT molecular complexity index is 511. The van der Waals surface area contributed by atoms with E-state index in [2.05, 4.69) is 55.5 Å². The quantitative estimate of drug-likeness (QED) is 0.621. The van der Waals surface area contributed by atoms with Gasteiger partial charge in [-0.1, -0.05) is 69.3 Å². The Hall–Kier alpha value is -1.56. The van der Waals surface area contributed by atoms with Crippen molar-refractivity contribution in [3.63, 3.8) is 0 Å². The van der Waals surface area contributed by atoms with Gasteiger partial charge in [0.1, 0.15) is 0 Å².